The van der Waals surface area contributed by atoms with Crippen LogP contribution < -0.4 is 5.32 Å². The van der Waals surface area contributed by atoms with E-state index in [2.05, 4.69) is 22.9 Å². The zero-order valence-electron chi connectivity index (χ0n) is 19.0. The maximum absolute atomic E-state index is 11.8. The largest absolute Gasteiger partial charge is 2.00 e. The Morgan fingerprint density at radius 3 is 2.41 bits per heavy atom. The summed E-state index contributed by atoms with van der Waals surface area (Å²) >= 11 is 17.4. The molecule has 0 saturated heterocycles. The van der Waals surface area contributed by atoms with E-state index in [1.165, 1.54) is 0 Å². The molecule has 0 aliphatic rings. The van der Waals surface area contributed by atoms with E-state index in [4.69, 9.17) is 39.5 Å². The van der Waals surface area contributed by atoms with Crippen LogP contribution in [0.5, 0.6) is 0 Å². The van der Waals surface area contributed by atoms with E-state index in [9.17, 15) is 4.79 Å². The number of hydrogen-bond acceptors (Lipinski definition) is 2. The molecule has 1 N–H and O–H groups in total. The Hall–Kier alpha value is -2.04. The summed E-state index contributed by atoms with van der Waals surface area (Å²) in [7, 11) is 0. The van der Waals surface area contributed by atoms with Gasteiger partial charge in [0, 0.05) is 33.7 Å². The maximum Gasteiger partial charge on any atom is 2.00 e. The summed E-state index contributed by atoms with van der Waals surface area (Å²) in [6, 6.07) is 20.1. The minimum Gasteiger partial charge on any atom is -0.444 e. The molecule has 3 aromatic carbocycles. The zero-order valence-corrected chi connectivity index (χ0v) is 22.3. The van der Waals surface area contributed by atoms with Crippen molar-refractivity contribution < 1.29 is 26.0 Å². The minimum atomic E-state index is -0.497. The fourth-order valence-corrected chi connectivity index (χ4v) is 3.82. The van der Waals surface area contributed by atoms with Crippen LogP contribution in [-0.4, -0.2) is 22.8 Å². The Balaban J connectivity index is 0.000000345. The molecule has 0 bridgehead atoms. The molecule has 0 aliphatic heterocycles. The monoisotopic (exact) mass is 560 g/mol. The Bertz CT molecular complexity index is 1280. The van der Waals surface area contributed by atoms with E-state index >= 15 is 0 Å². The molecule has 4 rings (SSSR count). The average molecular weight is 563 g/mol. The smallest absolute Gasteiger partial charge is 0.444 e. The average Bonchev–Trinajstić information content (AvgIpc) is 3.03. The summed E-state index contributed by atoms with van der Waals surface area (Å²) in [5.41, 5.74) is 2.54. The summed E-state index contributed by atoms with van der Waals surface area (Å²) in [5.74, 6) is 0. The van der Waals surface area contributed by atoms with Gasteiger partial charge in [0.05, 0.1) is 0 Å². The van der Waals surface area contributed by atoms with Gasteiger partial charge in [-0.05, 0) is 44.4 Å². The molecule has 1 heterocycles. The summed E-state index contributed by atoms with van der Waals surface area (Å²) in [6.45, 7) is 10.3. The Morgan fingerprint density at radius 2 is 1.76 bits per heavy atom. The van der Waals surface area contributed by atoms with Gasteiger partial charge in [0.1, 0.15) is 5.60 Å². The van der Waals surface area contributed by atoms with Gasteiger partial charge in [0.25, 0.3) is 0 Å². The first-order valence-electron chi connectivity index (χ1n) is 10.4. The Kier molecular flexibility index (Phi) is 10.0. The van der Waals surface area contributed by atoms with E-state index in [-0.39, 0.29) is 16.5 Å². The van der Waals surface area contributed by atoms with Crippen LogP contribution in [0.3, 0.4) is 0 Å². The fourth-order valence-electron chi connectivity index (χ4n) is 3.33. The molecular weight excluding hydrogens is 537 g/mol. The van der Waals surface area contributed by atoms with Crippen molar-refractivity contribution >= 4 is 62.7 Å². The molecule has 182 valence electrons. The number of ether oxygens (including phenoxy) is 1. The number of carbonyl (C=O) groups excluding carboxylic acids is 1. The molecule has 4 nitrogen and oxygen atoms in total. The second-order valence-corrected chi connectivity index (χ2v) is 9.68. The van der Waals surface area contributed by atoms with Crippen LogP contribution in [0, 0.1) is 13.0 Å². The van der Waals surface area contributed by atoms with Gasteiger partial charge in [-0.2, -0.15) is 42.8 Å². The molecule has 8 heteroatoms. The number of hydrogen-bond donors (Lipinski definition) is 1. The molecule has 0 unspecified atom stereocenters. The predicted octanol–water partition coefficient (Wildman–Crippen LogP) is 7.95. The van der Waals surface area contributed by atoms with Gasteiger partial charge >= 0.3 is 22.6 Å². The number of fused-ring (bicyclic) bond motifs is 3. The number of amides is 1. The number of nitrogens with zero attached hydrogens (tertiary/aromatic N) is 1. The molecule has 1 amide bonds. The molecular formula is C26H25Cl3N2NiO2. The SMILES string of the molecule is CC(C)(C)OC(=O)NCCn1c2c[c-]ccc2c2cc(Cl)ccc21.[CH2-]c1ccc(Cl)c(Cl)c1.[Ni+2]. The van der Waals surface area contributed by atoms with Crippen LogP contribution in [0.4, 0.5) is 4.79 Å². The number of rotatable bonds is 3. The molecule has 34 heavy (non-hydrogen) atoms. The van der Waals surface area contributed by atoms with Crippen molar-refractivity contribution in [1.82, 2.24) is 9.88 Å². The van der Waals surface area contributed by atoms with Crippen LogP contribution in [0.15, 0.2) is 54.6 Å². The topological polar surface area (TPSA) is 43.3 Å². The molecule has 0 fully saturated rings. The third-order valence-corrected chi connectivity index (χ3v) is 5.63. The number of benzene rings is 3. The van der Waals surface area contributed by atoms with Crippen molar-refractivity contribution in [1.29, 1.82) is 0 Å². The van der Waals surface area contributed by atoms with Crippen LogP contribution in [0.25, 0.3) is 21.8 Å². The van der Waals surface area contributed by atoms with E-state index < -0.39 is 11.7 Å². The van der Waals surface area contributed by atoms with Gasteiger partial charge in [-0.3, -0.25) is 0 Å². The first-order valence-corrected chi connectivity index (χ1v) is 11.5. The first kappa shape index (κ1) is 28.2. The number of aromatic nitrogens is 1. The number of nitrogens with one attached hydrogen (secondary N) is 1. The van der Waals surface area contributed by atoms with Gasteiger partial charge < -0.3 is 14.6 Å². The number of carbonyl (C=O) groups is 1. The molecule has 0 radical (unpaired) electrons. The van der Waals surface area contributed by atoms with Crippen molar-refractivity contribution in [2.45, 2.75) is 32.9 Å². The fraction of sp³-hybridized carbons (Fsp3) is 0.231. The number of halogens is 3. The van der Waals surface area contributed by atoms with Gasteiger partial charge in [-0.25, -0.2) is 4.79 Å². The summed E-state index contributed by atoms with van der Waals surface area (Å²) < 4.78 is 7.43. The Labute approximate surface area is 225 Å². The van der Waals surface area contributed by atoms with E-state index in [1.807, 2.05) is 63.2 Å². The molecule has 0 atom stereocenters. The van der Waals surface area contributed by atoms with Crippen LogP contribution in [-0.2, 0) is 27.8 Å². The van der Waals surface area contributed by atoms with Gasteiger partial charge in [0.2, 0.25) is 0 Å². The van der Waals surface area contributed by atoms with E-state index in [0.717, 1.165) is 27.4 Å². The Morgan fingerprint density at radius 1 is 1.03 bits per heavy atom. The summed E-state index contributed by atoms with van der Waals surface area (Å²) in [4.78, 5) is 11.8. The van der Waals surface area contributed by atoms with Gasteiger partial charge in [-0.1, -0.05) is 46.4 Å². The van der Waals surface area contributed by atoms with Gasteiger partial charge in [0.15, 0.2) is 0 Å². The molecule has 4 aromatic rings. The maximum atomic E-state index is 11.8. The van der Waals surface area contributed by atoms with Gasteiger partial charge in [-0.15, -0.1) is 11.5 Å². The molecule has 0 aliphatic carbocycles. The number of alkyl carbamates (subject to hydrolysis) is 1. The normalized spacial score (nSPS) is 10.9. The van der Waals surface area contributed by atoms with Crippen molar-refractivity contribution in [2.24, 2.45) is 0 Å². The van der Waals surface area contributed by atoms with E-state index in [0.29, 0.717) is 28.2 Å². The second kappa shape index (κ2) is 12.1. The van der Waals surface area contributed by atoms with Crippen LogP contribution in [0.1, 0.15) is 26.3 Å². The second-order valence-electron chi connectivity index (χ2n) is 8.43. The predicted molar refractivity (Wildman–Crippen MR) is 138 cm³/mol. The standard InChI is InChI=1S/C19H20ClN2O2.C7H5Cl2.Ni/c1-19(2,3)24-18(23)21-10-11-22-16-7-5-4-6-14(16)15-12-13(20)8-9-17(15)22;1-5-2-3-6(8)7(9)4-5;/h4,6-9,12H,10-11H2,1-3H3,(H,21,23);2-4H,1H2;/q2*-1;+2. The summed E-state index contributed by atoms with van der Waals surface area (Å²) in [6.07, 6.45) is -0.405. The van der Waals surface area contributed by atoms with Crippen LogP contribution >= 0.6 is 34.8 Å². The minimum absolute atomic E-state index is 0. The van der Waals surface area contributed by atoms with Crippen molar-refractivity contribution in [2.75, 3.05) is 6.54 Å². The summed E-state index contributed by atoms with van der Waals surface area (Å²) in [5, 5.41) is 6.87. The third kappa shape index (κ3) is 7.48. The first-order chi connectivity index (χ1) is 15.5. The quantitative estimate of drug-likeness (QED) is 0.204. The van der Waals surface area contributed by atoms with E-state index in [1.54, 1.807) is 12.1 Å². The molecule has 0 saturated carbocycles. The molecule has 0 spiro atoms. The third-order valence-electron chi connectivity index (χ3n) is 4.66. The zero-order chi connectivity index (χ0) is 24.2. The van der Waals surface area contributed by atoms with Crippen molar-refractivity contribution in [3.63, 3.8) is 0 Å². The van der Waals surface area contributed by atoms with Crippen molar-refractivity contribution in [3.8, 4) is 0 Å². The van der Waals surface area contributed by atoms with Crippen molar-refractivity contribution in [3.05, 3.63) is 88.2 Å². The van der Waals surface area contributed by atoms with Crippen LogP contribution in [0.2, 0.25) is 15.1 Å². The molecule has 1 aromatic heterocycles.